The zero-order chi connectivity index (χ0) is 13.1. The first-order valence-electron chi connectivity index (χ1n) is 5.34. The molecular weight excluding hydrogens is 255 g/mol. The van der Waals surface area contributed by atoms with Gasteiger partial charge in [-0.05, 0) is 19.1 Å². The third kappa shape index (κ3) is 2.51. The summed E-state index contributed by atoms with van der Waals surface area (Å²) >= 11 is 5.72. The lowest BCUT2D eigenvalue weighted by molar-refractivity contribution is 0.632. The van der Waals surface area contributed by atoms with Crippen LogP contribution in [0.5, 0.6) is 0 Å². The van der Waals surface area contributed by atoms with Crippen LogP contribution in [0.4, 0.5) is 21.8 Å². The molecule has 1 heterocycles. The number of aromatic nitrogens is 2. The molecule has 4 nitrogen and oxygen atoms in total. The topological polar surface area (TPSA) is 49.8 Å². The highest BCUT2D eigenvalue weighted by Crippen LogP contribution is 2.25. The van der Waals surface area contributed by atoms with Crippen molar-refractivity contribution in [3.8, 4) is 0 Å². The molecule has 94 valence electrons. The number of benzene rings is 1. The fourth-order valence-electron chi connectivity index (χ4n) is 1.42. The largest absolute Gasteiger partial charge is 0.357 e. The SMILES string of the molecule is CNc1ncc(C)c(Nc2cccc(Cl)c2F)n1. The van der Waals surface area contributed by atoms with Gasteiger partial charge in [-0.1, -0.05) is 17.7 Å². The number of hydrogen-bond acceptors (Lipinski definition) is 4. The number of nitrogens with one attached hydrogen (secondary N) is 2. The van der Waals surface area contributed by atoms with E-state index in [1.54, 1.807) is 25.4 Å². The summed E-state index contributed by atoms with van der Waals surface area (Å²) in [4.78, 5) is 8.27. The lowest BCUT2D eigenvalue weighted by Crippen LogP contribution is -2.03. The Labute approximate surface area is 109 Å². The minimum atomic E-state index is -0.497. The summed E-state index contributed by atoms with van der Waals surface area (Å²) in [5, 5.41) is 5.80. The van der Waals surface area contributed by atoms with E-state index in [-0.39, 0.29) is 10.7 Å². The molecule has 0 atom stereocenters. The van der Waals surface area contributed by atoms with Crippen molar-refractivity contribution < 1.29 is 4.39 Å². The van der Waals surface area contributed by atoms with Crippen LogP contribution in [0.25, 0.3) is 0 Å². The van der Waals surface area contributed by atoms with Gasteiger partial charge >= 0.3 is 0 Å². The van der Waals surface area contributed by atoms with Crippen molar-refractivity contribution in [2.24, 2.45) is 0 Å². The lowest BCUT2D eigenvalue weighted by Gasteiger charge is -2.10. The molecule has 0 aliphatic carbocycles. The van der Waals surface area contributed by atoms with E-state index in [9.17, 15) is 4.39 Å². The molecule has 2 rings (SSSR count). The van der Waals surface area contributed by atoms with Gasteiger partial charge in [-0.15, -0.1) is 0 Å². The third-order valence-electron chi connectivity index (χ3n) is 2.40. The van der Waals surface area contributed by atoms with Crippen molar-refractivity contribution >= 4 is 29.1 Å². The molecule has 0 aliphatic rings. The molecule has 0 spiro atoms. The number of anilines is 3. The lowest BCUT2D eigenvalue weighted by atomic mass is 10.3. The Morgan fingerprint density at radius 2 is 2.11 bits per heavy atom. The number of rotatable bonds is 3. The number of aryl methyl sites for hydroxylation is 1. The Kier molecular flexibility index (Phi) is 3.62. The molecule has 0 aliphatic heterocycles. The van der Waals surface area contributed by atoms with E-state index in [0.29, 0.717) is 11.8 Å². The van der Waals surface area contributed by atoms with Crippen LogP contribution in [0.1, 0.15) is 5.56 Å². The summed E-state index contributed by atoms with van der Waals surface area (Å²) in [6.07, 6.45) is 1.66. The molecule has 0 saturated heterocycles. The van der Waals surface area contributed by atoms with Crippen LogP contribution >= 0.6 is 11.6 Å². The van der Waals surface area contributed by atoms with Crippen molar-refractivity contribution in [3.05, 3.63) is 40.8 Å². The molecule has 1 aromatic carbocycles. The van der Waals surface area contributed by atoms with Crippen LogP contribution in [-0.2, 0) is 0 Å². The normalized spacial score (nSPS) is 10.2. The summed E-state index contributed by atoms with van der Waals surface area (Å²) < 4.78 is 13.7. The second-order valence-electron chi connectivity index (χ2n) is 3.70. The second kappa shape index (κ2) is 5.18. The molecular formula is C12H12ClFN4. The van der Waals surface area contributed by atoms with Gasteiger partial charge in [0, 0.05) is 18.8 Å². The smallest absolute Gasteiger partial charge is 0.224 e. The molecule has 18 heavy (non-hydrogen) atoms. The Morgan fingerprint density at radius 1 is 1.33 bits per heavy atom. The van der Waals surface area contributed by atoms with Gasteiger partial charge in [0.25, 0.3) is 0 Å². The van der Waals surface area contributed by atoms with Crippen molar-refractivity contribution in [2.45, 2.75) is 6.92 Å². The molecule has 0 unspecified atom stereocenters. The fourth-order valence-corrected chi connectivity index (χ4v) is 1.59. The zero-order valence-corrected chi connectivity index (χ0v) is 10.7. The van der Waals surface area contributed by atoms with Gasteiger partial charge in [0.1, 0.15) is 5.82 Å². The maximum atomic E-state index is 13.7. The van der Waals surface area contributed by atoms with E-state index in [1.807, 2.05) is 6.92 Å². The zero-order valence-electron chi connectivity index (χ0n) is 9.96. The highest BCUT2D eigenvalue weighted by atomic mass is 35.5. The molecule has 2 aromatic rings. The summed E-state index contributed by atoms with van der Waals surface area (Å²) in [5.41, 5.74) is 1.10. The second-order valence-corrected chi connectivity index (χ2v) is 4.11. The average molecular weight is 267 g/mol. The molecule has 0 fully saturated rings. The van der Waals surface area contributed by atoms with Gasteiger partial charge in [-0.3, -0.25) is 0 Å². The predicted molar refractivity (Wildman–Crippen MR) is 71.0 cm³/mol. The predicted octanol–water partition coefficient (Wildman–Crippen LogP) is 3.36. The van der Waals surface area contributed by atoms with E-state index in [2.05, 4.69) is 20.6 Å². The maximum absolute atomic E-state index is 13.7. The van der Waals surface area contributed by atoms with E-state index in [1.165, 1.54) is 6.07 Å². The van der Waals surface area contributed by atoms with Gasteiger partial charge < -0.3 is 10.6 Å². The van der Waals surface area contributed by atoms with Crippen LogP contribution < -0.4 is 10.6 Å². The Bertz CT molecular complexity index is 574. The molecule has 0 saturated carbocycles. The molecule has 0 amide bonds. The summed E-state index contributed by atoms with van der Waals surface area (Å²) in [5.74, 6) is 0.504. The van der Waals surface area contributed by atoms with Crippen LogP contribution in [0, 0.1) is 12.7 Å². The van der Waals surface area contributed by atoms with Crippen LogP contribution in [0.2, 0.25) is 5.02 Å². The number of halogens is 2. The Morgan fingerprint density at radius 3 is 2.83 bits per heavy atom. The number of hydrogen-bond donors (Lipinski definition) is 2. The number of nitrogens with zero attached hydrogens (tertiary/aromatic N) is 2. The monoisotopic (exact) mass is 266 g/mol. The van der Waals surface area contributed by atoms with Gasteiger partial charge in [0.2, 0.25) is 5.95 Å². The highest BCUT2D eigenvalue weighted by molar-refractivity contribution is 6.31. The fraction of sp³-hybridized carbons (Fsp3) is 0.167. The third-order valence-corrected chi connectivity index (χ3v) is 2.69. The molecule has 1 aromatic heterocycles. The summed E-state index contributed by atoms with van der Waals surface area (Å²) in [6.45, 7) is 1.84. The highest BCUT2D eigenvalue weighted by Gasteiger charge is 2.09. The summed E-state index contributed by atoms with van der Waals surface area (Å²) in [7, 11) is 1.72. The van der Waals surface area contributed by atoms with Crippen LogP contribution in [0.15, 0.2) is 24.4 Å². The Hall–Kier alpha value is -1.88. The molecule has 2 N–H and O–H groups in total. The quantitative estimate of drug-likeness (QED) is 0.894. The molecule has 0 bridgehead atoms. The minimum Gasteiger partial charge on any atom is -0.357 e. The Balaban J connectivity index is 2.36. The van der Waals surface area contributed by atoms with E-state index >= 15 is 0 Å². The summed E-state index contributed by atoms with van der Waals surface area (Å²) in [6, 6.07) is 4.76. The van der Waals surface area contributed by atoms with Crippen molar-refractivity contribution in [3.63, 3.8) is 0 Å². The van der Waals surface area contributed by atoms with Crippen molar-refractivity contribution in [1.82, 2.24) is 9.97 Å². The van der Waals surface area contributed by atoms with Crippen LogP contribution in [-0.4, -0.2) is 17.0 Å². The minimum absolute atomic E-state index is 0.0700. The van der Waals surface area contributed by atoms with E-state index < -0.39 is 5.82 Å². The van der Waals surface area contributed by atoms with E-state index in [0.717, 1.165) is 5.56 Å². The first-order valence-corrected chi connectivity index (χ1v) is 5.72. The standard InChI is InChI=1S/C12H12ClFN4/c1-7-6-16-12(15-2)18-11(7)17-9-5-3-4-8(13)10(9)14/h3-6H,1-2H3,(H2,15,16,17,18). The van der Waals surface area contributed by atoms with E-state index in [4.69, 9.17) is 11.6 Å². The van der Waals surface area contributed by atoms with Crippen molar-refractivity contribution in [1.29, 1.82) is 0 Å². The average Bonchev–Trinajstić information content (AvgIpc) is 2.37. The van der Waals surface area contributed by atoms with Gasteiger partial charge in [-0.2, -0.15) is 4.98 Å². The molecule has 6 heteroatoms. The molecule has 0 radical (unpaired) electrons. The first kappa shape index (κ1) is 12.6. The van der Waals surface area contributed by atoms with Gasteiger partial charge in [-0.25, -0.2) is 9.37 Å². The maximum Gasteiger partial charge on any atom is 0.224 e. The van der Waals surface area contributed by atoms with Crippen molar-refractivity contribution in [2.75, 3.05) is 17.7 Å². The van der Waals surface area contributed by atoms with Gasteiger partial charge in [0.05, 0.1) is 10.7 Å². The first-order chi connectivity index (χ1) is 8.61. The van der Waals surface area contributed by atoms with Crippen LogP contribution in [0.3, 0.4) is 0 Å². The van der Waals surface area contributed by atoms with Gasteiger partial charge in [0.15, 0.2) is 5.82 Å².